The number of hydrogen-bond donors (Lipinski definition) is 0. The Bertz CT molecular complexity index is 498. The third-order valence-corrected chi connectivity index (χ3v) is 4.45. The molecule has 1 aliphatic rings. The van der Waals surface area contributed by atoms with E-state index in [9.17, 15) is 10.1 Å². The molecule has 0 spiro atoms. The maximum absolute atomic E-state index is 10.6. The summed E-state index contributed by atoms with van der Waals surface area (Å²) in [5.74, 6) is 1.06. The lowest BCUT2D eigenvalue weighted by molar-refractivity contribution is -0.384. The van der Waals surface area contributed by atoms with Crippen molar-refractivity contribution in [1.29, 1.82) is 0 Å². The Balaban J connectivity index is 2.18. The molecule has 1 aromatic rings. The third-order valence-electron chi connectivity index (χ3n) is 3.48. The minimum absolute atomic E-state index is 0.102. The highest BCUT2D eigenvalue weighted by Gasteiger charge is 2.24. The van der Waals surface area contributed by atoms with Crippen molar-refractivity contribution in [1.82, 2.24) is 4.90 Å². The summed E-state index contributed by atoms with van der Waals surface area (Å²) >= 11 is 1.76. The van der Waals surface area contributed by atoms with E-state index in [0.29, 0.717) is 6.04 Å². The summed E-state index contributed by atoms with van der Waals surface area (Å²) in [6.07, 6.45) is 2.21. The van der Waals surface area contributed by atoms with E-state index in [1.54, 1.807) is 23.9 Å². The second-order valence-electron chi connectivity index (χ2n) is 4.68. The molecule has 0 aromatic heterocycles. The molecule has 2 rings (SSSR count). The second kappa shape index (κ2) is 6.74. The summed E-state index contributed by atoms with van der Waals surface area (Å²) in [6.45, 7) is 5.42. The van der Waals surface area contributed by atoms with Crippen LogP contribution in [-0.4, -0.2) is 33.3 Å². The predicted molar refractivity (Wildman–Crippen MR) is 83.7 cm³/mol. The van der Waals surface area contributed by atoms with Crippen molar-refractivity contribution in [3.8, 4) is 0 Å². The lowest BCUT2D eigenvalue weighted by Crippen LogP contribution is -2.35. The average molecular weight is 293 g/mol. The monoisotopic (exact) mass is 293 g/mol. The Labute approximate surface area is 123 Å². The fourth-order valence-electron chi connectivity index (χ4n) is 2.34. The maximum Gasteiger partial charge on any atom is 0.269 e. The van der Waals surface area contributed by atoms with Crippen LogP contribution in [0.5, 0.6) is 0 Å². The van der Waals surface area contributed by atoms with Gasteiger partial charge in [0.1, 0.15) is 0 Å². The standard InChI is InChI=1S/C14H19N3O2S/c1-3-12(4-2)16-9-10-20-14(16)15-11-5-7-13(8-6-11)17(18)19/h5-8,12H,3-4,9-10H2,1-2H3. The molecular formula is C14H19N3O2S. The Morgan fingerprint density at radius 3 is 2.55 bits per heavy atom. The van der Waals surface area contributed by atoms with Gasteiger partial charge in [0.25, 0.3) is 5.69 Å². The normalized spacial score (nSPS) is 17.1. The van der Waals surface area contributed by atoms with E-state index in [1.807, 2.05) is 0 Å². The Kier molecular flexibility index (Phi) is 5.00. The molecule has 5 nitrogen and oxygen atoms in total. The van der Waals surface area contributed by atoms with Crippen molar-refractivity contribution in [3.05, 3.63) is 34.4 Å². The van der Waals surface area contributed by atoms with Crippen molar-refractivity contribution >= 4 is 28.3 Å². The summed E-state index contributed by atoms with van der Waals surface area (Å²) in [4.78, 5) is 17.2. The molecule has 0 saturated carbocycles. The summed E-state index contributed by atoms with van der Waals surface area (Å²) in [6, 6.07) is 6.94. The van der Waals surface area contributed by atoms with E-state index < -0.39 is 4.92 Å². The fourth-order valence-corrected chi connectivity index (χ4v) is 3.38. The summed E-state index contributed by atoms with van der Waals surface area (Å²) in [5, 5.41) is 11.7. The number of non-ortho nitro benzene ring substituents is 1. The largest absolute Gasteiger partial charge is 0.347 e. The second-order valence-corrected chi connectivity index (χ2v) is 5.74. The van der Waals surface area contributed by atoms with Gasteiger partial charge in [-0.25, -0.2) is 4.99 Å². The van der Waals surface area contributed by atoms with Crippen molar-refractivity contribution in [3.63, 3.8) is 0 Å². The van der Waals surface area contributed by atoms with Gasteiger partial charge in [0.05, 0.1) is 10.6 Å². The molecule has 108 valence electrons. The van der Waals surface area contributed by atoms with Gasteiger partial charge in [0, 0.05) is 30.5 Å². The van der Waals surface area contributed by atoms with Crippen LogP contribution in [0.3, 0.4) is 0 Å². The first-order chi connectivity index (χ1) is 9.65. The van der Waals surface area contributed by atoms with Crippen LogP contribution < -0.4 is 0 Å². The third kappa shape index (κ3) is 3.30. The van der Waals surface area contributed by atoms with Crippen LogP contribution in [0.4, 0.5) is 11.4 Å². The molecule has 6 heteroatoms. The van der Waals surface area contributed by atoms with E-state index in [4.69, 9.17) is 0 Å². The number of aliphatic imine (C=N–C) groups is 1. The van der Waals surface area contributed by atoms with Crippen molar-refractivity contribution < 1.29 is 4.92 Å². The molecule has 0 bridgehead atoms. The van der Waals surface area contributed by atoms with E-state index >= 15 is 0 Å². The average Bonchev–Trinajstić information content (AvgIpc) is 2.89. The zero-order chi connectivity index (χ0) is 14.5. The SMILES string of the molecule is CCC(CC)N1CCSC1=Nc1ccc([N+](=O)[O-])cc1. The van der Waals surface area contributed by atoms with Gasteiger partial charge >= 0.3 is 0 Å². The van der Waals surface area contributed by atoms with Crippen molar-refractivity contribution in [2.45, 2.75) is 32.7 Å². The van der Waals surface area contributed by atoms with Crippen LogP contribution in [0.1, 0.15) is 26.7 Å². The number of nitro groups is 1. The van der Waals surface area contributed by atoms with Crippen molar-refractivity contribution in [2.24, 2.45) is 4.99 Å². The molecule has 0 radical (unpaired) electrons. The smallest absolute Gasteiger partial charge is 0.269 e. The van der Waals surface area contributed by atoms with Crippen LogP contribution >= 0.6 is 11.8 Å². The van der Waals surface area contributed by atoms with Crippen molar-refractivity contribution in [2.75, 3.05) is 12.3 Å². The number of rotatable bonds is 5. The van der Waals surface area contributed by atoms with Crippen LogP contribution in [0.15, 0.2) is 29.3 Å². The number of nitro benzene ring substituents is 1. The Morgan fingerprint density at radius 2 is 2.00 bits per heavy atom. The van der Waals surface area contributed by atoms with Gasteiger partial charge in [0.2, 0.25) is 0 Å². The molecule has 0 amide bonds. The summed E-state index contributed by atoms with van der Waals surface area (Å²) < 4.78 is 0. The minimum Gasteiger partial charge on any atom is -0.347 e. The molecule has 1 aromatic carbocycles. The molecule has 1 fully saturated rings. The van der Waals surface area contributed by atoms with Gasteiger partial charge in [0.15, 0.2) is 5.17 Å². The molecule has 0 N–H and O–H groups in total. The zero-order valence-electron chi connectivity index (χ0n) is 11.8. The first-order valence-electron chi connectivity index (χ1n) is 6.88. The number of hydrogen-bond acceptors (Lipinski definition) is 4. The maximum atomic E-state index is 10.6. The minimum atomic E-state index is -0.391. The Morgan fingerprint density at radius 1 is 1.35 bits per heavy atom. The van der Waals surface area contributed by atoms with E-state index in [0.717, 1.165) is 36.0 Å². The molecule has 1 saturated heterocycles. The number of nitrogens with zero attached hydrogens (tertiary/aromatic N) is 3. The quantitative estimate of drug-likeness (QED) is 0.611. The molecular weight excluding hydrogens is 274 g/mol. The summed E-state index contributed by atoms with van der Waals surface area (Å²) in [5.41, 5.74) is 0.876. The van der Waals surface area contributed by atoms with Gasteiger partial charge in [-0.15, -0.1) is 0 Å². The van der Waals surface area contributed by atoms with Gasteiger partial charge < -0.3 is 4.90 Å². The molecule has 20 heavy (non-hydrogen) atoms. The topological polar surface area (TPSA) is 58.7 Å². The molecule has 1 heterocycles. The highest BCUT2D eigenvalue weighted by Crippen LogP contribution is 2.27. The molecule has 1 aliphatic heterocycles. The lowest BCUT2D eigenvalue weighted by Gasteiger charge is -2.27. The van der Waals surface area contributed by atoms with Crippen LogP contribution in [0.2, 0.25) is 0 Å². The van der Waals surface area contributed by atoms with E-state index in [1.165, 1.54) is 12.1 Å². The van der Waals surface area contributed by atoms with Gasteiger partial charge in [-0.1, -0.05) is 25.6 Å². The van der Waals surface area contributed by atoms with E-state index in [-0.39, 0.29) is 5.69 Å². The lowest BCUT2D eigenvalue weighted by atomic mass is 10.1. The van der Waals surface area contributed by atoms with Gasteiger partial charge in [-0.2, -0.15) is 0 Å². The fraction of sp³-hybridized carbons (Fsp3) is 0.500. The predicted octanol–water partition coefficient (Wildman–Crippen LogP) is 3.82. The first-order valence-corrected chi connectivity index (χ1v) is 7.86. The molecule has 0 aliphatic carbocycles. The van der Waals surface area contributed by atoms with Gasteiger partial charge in [-0.3, -0.25) is 10.1 Å². The number of thioether (sulfide) groups is 1. The van der Waals surface area contributed by atoms with Gasteiger partial charge in [-0.05, 0) is 25.0 Å². The highest BCUT2D eigenvalue weighted by atomic mass is 32.2. The van der Waals surface area contributed by atoms with E-state index in [2.05, 4.69) is 23.7 Å². The number of amidine groups is 1. The van der Waals surface area contributed by atoms with Crippen LogP contribution in [-0.2, 0) is 0 Å². The van der Waals surface area contributed by atoms with Crippen LogP contribution in [0, 0.1) is 10.1 Å². The van der Waals surface area contributed by atoms with Crippen LogP contribution in [0.25, 0.3) is 0 Å². The summed E-state index contributed by atoms with van der Waals surface area (Å²) in [7, 11) is 0. The molecule has 0 atom stereocenters. The zero-order valence-corrected chi connectivity index (χ0v) is 12.6. The Hall–Kier alpha value is -1.56. The highest BCUT2D eigenvalue weighted by molar-refractivity contribution is 8.14. The number of benzene rings is 1. The first kappa shape index (κ1) is 14.8. The molecule has 0 unspecified atom stereocenters.